The zero-order valence-electron chi connectivity index (χ0n) is 11.6. The molecule has 0 nitrogen and oxygen atoms in total. The molecular formula is C16H28. The summed E-state index contributed by atoms with van der Waals surface area (Å²) in [7, 11) is 0. The first-order valence-electron chi connectivity index (χ1n) is 7.50. The number of hydrogen-bond donors (Lipinski definition) is 0. The van der Waals surface area contributed by atoms with Crippen LogP contribution < -0.4 is 0 Å². The number of rotatable bonds is 1. The van der Waals surface area contributed by atoms with Crippen molar-refractivity contribution in [1.82, 2.24) is 0 Å². The largest absolute Gasteiger partial charge is 0.0649 e. The fourth-order valence-electron chi connectivity index (χ4n) is 5.48. The summed E-state index contributed by atoms with van der Waals surface area (Å²) in [5, 5.41) is 0. The molecule has 3 aliphatic rings. The summed E-state index contributed by atoms with van der Waals surface area (Å²) in [5.74, 6) is 4.33. The van der Waals surface area contributed by atoms with Crippen molar-refractivity contribution in [2.45, 2.75) is 66.2 Å². The molecular weight excluding hydrogens is 192 g/mol. The molecule has 0 saturated heterocycles. The third-order valence-electron chi connectivity index (χ3n) is 6.71. The molecule has 0 heteroatoms. The van der Waals surface area contributed by atoms with Crippen LogP contribution in [-0.2, 0) is 0 Å². The third kappa shape index (κ3) is 1.28. The van der Waals surface area contributed by atoms with Crippen molar-refractivity contribution in [1.29, 1.82) is 0 Å². The Labute approximate surface area is 101 Å². The topological polar surface area (TPSA) is 0 Å². The Morgan fingerprint density at radius 3 is 2.38 bits per heavy atom. The minimum atomic E-state index is 0.685. The standard InChI is InChI=1S/C16H28/c1-5-16(4)10-11-8-6-7-9-12-14(13(11)16)15(12,2)3/h11-14H,5-10H2,1-4H3. The Morgan fingerprint density at radius 2 is 1.69 bits per heavy atom. The smallest absolute Gasteiger partial charge is 0.0289 e. The zero-order valence-corrected chi connectivity index (χ0v) is 11.6. The van der Waals surface area contributed by atoms with Gasteiger partial charge in [0.25, 0.3) is 0 Å². The maximum Gasteiger partial charge on any atom is -0.0289 e. The van der Waals surface area contributed by atoms with Crippen LogP contribution in [0.15, 0.2) is 0 Å². The first-order valence-corrected chi connectivity index (χ1v) is 7.50. The van der Waals surface area contributed by atoms with Gasteiger partial charge in [-0.1, -0.05) is 53.4 Å². The normalized spacial score (nSPS) is 54.0. The van der Waals surface area contributed by atoms with Crippen LogP contribution in [0.1, 0.15) is 66.2 Å². The second-order valence-corrected chi connectivity index (χ2v) is 7.74. The van der Waals surface area contributed by atoms with Gasteiger partial charge in [-0.2, -0.15) is 0 Å². The van der Waals surface area contributed by atoms with Crippen molar-refractivity contribution in [3.63, 3.8) is 0 Å². The van der Waals surface area contributed by atoms with Gasteiger partial charge in [0.1, 0.15) is 0 Å². The summed E-state index contributed by atoms with van der Waals surface area (Å²) < 4.78 is 0. The minimum absolute atomic E-state index is 0.685. The van der Waals surface area contributed by atoms with E-state index in [1.807, 2.05) is 0 Å². The molecule has 0 bridgehead atoms. The first kappa shape index (κ1) is 11.1. The Kier molecular flexibility index (Phi) is 2.27. The SMILES string of the molecule is CCC1(C)CC2CCCCC3C(C21)C3(C)C. The molecule has 92 valence electrons. The fourth-order valence-corrected chi connectivity index (χ4v) is 5.48. The Hall–Kier alpha value is 0. The predicted octanol–water partition coefficient (Wildman–Crippen LogP) is 4.89. The van der Waals surface area contributed by atoms with Gasteiger partial charge in [-0.25, -0.2) is 0 Å². The van der Waals surface area contributed by atoms with Gasteiger partial charge in [-0.05, 0) is 47.3 Å². The maximum atomic E-state index is 2.57. The van der Waals surface area contributed by atoms with Gasteiger partial charge in [0.15, 0.2) is 0 Å². The molecule has 3 saturated carbocycles. The average molecular weight is 220 g/mol. The molecule has 0 N–H and O–H groups in total. The highest BCUT2D eigenvalue weighted by atomic mass is 14.7. The monoisotopic (exact) mass is 220 g/mol. The number of fused-ring (bicyclic) bond motifs is 3. The van der Waals surface area contributed by atoms with Crippen LogP contribution in [-0.4, -0.2) is 0 Å². The van der Waals surface area contributed by atoms with E-state index >= 15 is 0 Å². The van der Waals surface area contributed by atoms with E-state index in [1.54, 1.807) is 6.42 Å². The van der Waals surface area contributed by atoms with Gasteiger partial charge < -0.3 is 0 Å². The molecule has 5 unspecified atom stereocenters. The van der Waals surface area contributed by atoms with Crippen molar-refractivity contribution in [2.24, 2.45) is 34.5 Å². The Morgan fingerprint density at radius 1 is 1.00 bits per heavy atom. The van der Waals surface area contributed by atoms with Gasteiger partial charge in [0.2, 0.25) is 0 Å². The van der Waals surface area contributed by atoms with Crippen molar-refractivity contribution in [2.75, 3.05) is 0 Å². The van der Waals surface area contributed by atoms with Crippen LogP contribution in [0.25, 0.3) is 0 Å². The lowest BCUT2D eigenvalue weighted by atomic mass is 9.49. The summed E-state index contributed by atoms with van der Waals surface area (Å²) in [6, 6.07) is 0. The average Bonchev–Trinajstić information content (AvgIpc) is 2.69. The van der Waals surface area contributed by atoms with Gasteiger partial charge in [-0.3, -0.25) is 0 Å². The fraction of sp³-hybridized carbons (Fsp3) is 1.00. The molecule has 0 aromatic heterocycles. The van der Waals surface area contributed by atoms with Crippen LogP contribution in [0.2, 0.25) is 0 Å². The van der Waals surface area contributed by atoms with Crippen LogP contribution >= 0.6 is 0 Å². The maximum absolute atomic E-state index is 2.57. The highest BCUT2D eigenvalue weighted by molar-refractivity contribution is 5.15. The van der Waals surface area contributed by atoms with E-state index < -0.39 is 0 Å². The summed E-state index contributed by atoms with van der Waals surface area (Å²) in [4.78, 5) is 0. The van der Waals surface area contributed by atoms with E-state index in [1.165, 1.54) is 32.1 Å². The number of hydrogen-bond acceptors (Lipinski definition) is 0. The molecule has 0 heterocycles. The van der Waals surface area contributed by atoms with Crippen LogP contribution in [0.5, 0.6) is 0 Å². The summed E-state index contributed by atoms with van der Waals surface area (Å²) in [6.45, 7) is 10.1. The minimum Gasteiger partial charge on any atom is -0.0649 e. The molecule has 5 atom stereocenters. The van der Waals surface area contributed by atoms with Gasteiger partial charge >= 0.3 is 0 Å². The van der Waals surface area contributed by atoms with Gasteiger partial charge in [0.05, 0.1) is 0 Å². The first-order chi connectivity index (χ1) is 7.50. The van der Waals surface area contributed by atoms with E-state index in [2.05, 4.69) is 27.7 Å². The van der Waals surface area contributed by atoms with E-state index in [0.29, 0.717) is 10.8 Å². The summed E-state index contributed by atoms with van der Waals surface area (Å²) >= 11 is 0. The van der Waals surface area contributed by atoms with Gasteiger partial charge in [0, 0.05) is 0 Å². The van der Waals surface area contributed by atoms with Crippen molar-refractivity contribution < 1.29 is 0 Å². The quantitative estimate of drug-likeness (QED) is 0.590. The van der Waals surface area contributed by atoms with E-state index in [9.17, 15) is 0 Å². The molecule has 16 heavy (non-hydrogen) atoms. The van der Waals surface area contributed by atoms with Crippen molar-refractivity contribution in [3.8, 4) is 0 Å². The highest BCUT2D eigenvalue weighted by Crippen LogP contribution is 2.74. The Balaban J connectivity index is 1.84. The van der Waals surface area contributed by atoms with Crippen LogP contribution in [0.4, 0.5) is 0 Å². The summed E-state index contributed by atoms with van der Waals surface area (Å²) in [6.07, 6.45) is 9.04. The van der Waals surface area contributed by atoms with Crippen molar-refractivity contribution >= 4 is 0 Å². The molecule has 0 aromatic rings. The summed E-state index contributed by atoms with van der Waals surface area (Å²) in [5.41, 5.74) is 1.39. The lowest BCUT2D eigenvalue weighted by molar-refractivity contribution is -0.0633. The van der Waals surface area contributed by atoms with E-state index in [-0.39, 0.29) is 0 Å². The molecule has 3 aliphatic carbocycles. The van der Waals surface area contributed by atoms with E-state index in [4.69, 9.17) is 0 Å². The van der Waals surface area contributed by atoms with Crippen LogP contribution in [0.3, 0.4) is 0 Å². The molecule has 0 aromatic carbocycles. The molecule has 3 fully saturated rings. The van der Waals surface area contributed by atoms with E-state index in [0.717, 1.165) is 23.7 Å². The van der Waals surface area contributed by atoms with Crippen molar-refractivity contribution in [3.05, 3.63) is 0 Å². The molecule has 0 aliphatic heterocycles. The molecule has 3 rings (SSSR count). The van der Waals surface area contributed by atoms with Gasteiger partial charge in [-0.15, -0.1) is 0 Å². The second-order valence-electron chi connectivity index (χ2n) is 7.74. The lowest BCUT2D eigenvalue weighted by Crippen LogP contribution is -2.48. The van der Waals surface area contributed by atoms with Crippen LogP contribution in [0, 0.1) is 34.5 Å². The lowest BCUT2D eigenvalue weighted by Gasteiger charge is -2.55. The molecule has 0 spiro atoms. The zero-order chi connectivity index (χ0) is 11.6. The predicted molar refractivity (Wildman–Crippen MR) is 69.2 cm³/mol. The molecule has 0 radical (unpaired) electrons. The molecule has 0 amide bonds. The highest BCUT2D eigenvalue weighted by Gasteiger charge is 2.67. The Bertz CT molecular complexity index is 290. The second kappa shape index (κ2) is 3.27. The third-order valence-corrected chi connectivity index (χ3v) is 6.71.